The molecule has 0 spiro atoms. The number of fused-ring (bicyclic) bond motifs is 1. The molecule has 0 fully saturated rings. The SMILES string of the molecule is C#CCCCC(N)c1coc2ccccc12. The predicted octanol–water partition coefficient (Wildman–Crippen LogP) is 3.24. The summed E-state index contributed by atoms with van der Waals surface area (Å²) in [5.74, 6) is 2.63. The van der Waals surface area contributed by atoms with Crippen LogP contribution in [0.1, 0.15) is 30.9 Å². The van der Waals surface area contributed by atoms with Crippen molar-refractivity contribution in [2.24, 2.45) is 5.73 Å². The van der Waals surface area contributed by atoms with Gasteiger partial charge in [-0.05, 0) is 18.9 Å². The highest BCUT2D eigenvalue weighted by Crippen LogP contribution is 2.27. The Morgan fingerprint density at radius 3 is 3.00 bits per heavy atom. The van der Waals surface area contributed by atoms with Crippen molar-refractivity contribution < 1.29 is 4.42 Å². The standard InChI is InChI=1S/C14H15NO/c1-2-3-4-8-13(15)12-10-16-14-9-6-5-7-11(12)14/h1,5-7,9-10,13H,3-4,8,15H2. The average Bonchev–Trinajstić information content (AvgIpc) is 2.73. The molecule has 1 heterocycles. The van der Waals surface area contributed by atoms with E-state index in [0.29, 0.717) is 0 Å². The lowest BCUT2D eigenvalue weighted by Crippen LogP contribution is -2.09. The fraction of sp³-hybridized carbons (Fsp3) is 0.286. The molecule has 1 atom stereocenters. The second kappa shape index (κ2) is 4.87. The van der Waals surface area contributed by atoms with Crippen LogP contribution < -0.4 is 5.73 Å². The van der Waals surface area contributed by atoms with Gasteiger partial charge in [-0.15, -0.1) is 12.3 Å². The Bertz CT molecular complexity index is 507. The molecule has 0 radical (unpaired) electrons. The zero-order valence-electron chi connectivity index (χ0n) is 9.15. The summed E-state index contributed by atoms with van der Waals surface area (Å²) >= 11 is 0. The van der Waals surface area contributed by atoms with E-state index >= 15 is 0 Å². The molecule has 1 unspecified atom stereocenters. The Labute approximate surface area is 95.4 Å². The quantitative estimate of drug-likeness (QED) is 0.625. The van der Waals surface area contributed by atoms with E-state index in [9.17, 15) is 0 Å². The first-order valence-electron chi connectivity index (χ1n) is 5.48. The highest BCUT2D eigenvalue weighted by atomic mass is 16.3. The van der Waals surface area contributed by atoms with Gasteiger partial charge < -0.3 is 10.2 Å². The van der Waals surface area contributed by atoms with E-state index in [1.165, 1.54) is 0 Å². The van der Waals surface area contributed by atoms with Crippen LogP contribution in [0.15, 0.2) is 34.9 Å². The van der Waals surface area contributed by atoms with Gasteiger partial charge in [-0.2, -0.15) is 0 Å². The monoisotopic (exact) mass is 213 g/mol. The van der Waals surface area contributed by atoms with Crippen molar-refractivity contribution in [1.29, 1.82) is 0 Å². The van der Waals surface area contributed by atoms with Crippen molar-refractivity contribution >= 4 is 11.0 Å². The molecule has 0 aliphatic rings. The van der Waals surface area contributed by atoms with E-state index in [0.717, 1.165) is 35.8 Å². The molecule has 0 aliphatic carbocycles. The van der Waals surface area contributed by atoms with Crippen molar-refractivity contribution in [1.82, 2.24) is 0 Å². The van der Waals surface area contributed by atoms with E-state index in [4.69, 9.17) is 16.6 Å². The highest BCUT2D eigenvalue weighted by Gasteiger charge is 2.12. The maximum Gasteiger partial charge on any atom is 0.134 e. The van der Waals surface area contributed by atoms with E-state index in [-0.39, 0.29) is 6.04 Å². The third kappa shape index (κ3) is 2.10. The van der Waals surface area contributed by atoms with Gasteiger partial charge in [0.15, 0.2) is 0 Å². The van der Waals surface area contributed by atoms with Crippen molar-refractivity contribution in [2.75, 3.05) is 0 Å². The minimum Gasteiger partial charge on any atom is -0.464 e. The van der Waals surface area contributed by atoms with E-state index in [1.807, 2.05) is 24.3 Å². The van der Waals surface area contributed by atoms with Crippen molar-refractivity contribution in [3.63, 3.8) is 0 Å². The zero-order chi connectivity index (χ0) is 11.4. The van der Waals surface area contributed by atoms with Crippen LogP contribution in [-0.4, -0.2) is 0 Å². The van der Waals surface area contributed by atoms with Gasteiger partial charge in [0.05, 0.1) is 6.26 Å². The highest BCUT2D eigenvalue weighted by molar-refractivity contribution is 5.81. The molecule has 0 saturated heterocycles. The van der Waals surface area contributed by atoms with Gasteiger partial charge in [-0.3, -0.25) is 0 Å². The first kappa shape index (κ1) is 10.8. The zero-order valence-corrected chi connectivity index (χ0v) is 9.15. The van der Waals surface area contributed by atoms with E-state index < -0.39 is 0 Å². The number of hydrogen-bond donors (Lipinski definition) is 1. The number of hydrogen-bond acceptors (Lipinski definition) is 2. The Hall–Kier alpha value is -1.72. The van der Waals surface area contributed by atoms with Crippen LogP contribution in [0.5, 0.6) is 0 Å². The number of para-hydroxylation sites is 1. The topological polar surface area (TPSA) is 39.2 Å². The van der Waals surface area contributed by atoms with Crippen LogP contribution in [0.2, 0.25) is 0 Å². The van der Waals surface area contributed by atoms with Crippen molar-refractivity contribution in [2.45, 2.75) is 25.3 Å². The molecule has 2 aromatic rings. The minimum absolute atomic E-state index is 0.0111. The Morgan fingerprint density at radius 2 is 2.19 bits per heavy atom. The van der Waals surface area contributed by atoms with Gasteiger partial charge in [-0.25, -0.2) is 0 Å². The maximum absolute atomic E-state index is 6.12. The summed E-state index contributed by atoms with van der Waals surface area (Å²) in [6.07, 6.45) is 9.60. The van der Waals surface area contributed by atoms with Crippen LogP contribution in [0.25, 0.3) is 11.0 Å². The molecule has 0 saturated carbocycles. The van der Waals surface area contributed by atoms with Crippen LogP contribution in [0.3, 0.4) is 0 Å². The second-order valence-electron chi connectivity index (χ2n) is 3.89. The molecule has 0 aliphatic heterocycles. The molecule has 2 heteroatoms. The van der Waals surface area contributed by atoms with Gasteiger partial charge >= 0.3 is 0 Å². The smallest absolute Gasteiger partial charge is 0.134 e. The summed E-state index contributed by atoms with van der Waals surface area (Å²) < 4.78 is 5.46. The molecule has 16 heavy (non-hydrogen) atoms. The molecule has 0 bridgehead atoms. The van der Waals surface area contributed by atoms with Crippen LogP contribution in [0.4, 0.5) is 0 Å². The molecular formula is C14H15NO. The largest absolute Gasteiger partial charge is 0.464 e. The van der Waals surface area contributed by atoms with Gasteiger partial charge in [0.1, 0.15) is 5.58 Å². The predicted molar refractivity (Wildman–Crippen MR) is 65.8 cm³/mol. The molecule has 2 rings (SSSR count). The number of unbranched alkanes of at least 4 members (excludes halogenated alkanes) is 1. The average molecular weight is 213 g/mol. The first-order valence-corrected chi connectivity index (χ1v) is 5.48. The van der Waals surface area contributed by atoms with Gasteiger partial charge in [0, 0.05) is 23.4 Å². The second-order valence-corrected chi connectivity index (χ2v) is 3.89. The maximum atomic E-state index is 6.12. The molecule has 82 valence electrons. The summed E-state index contributed by atoms with van der Waals surface area (Å²) in [4.78, 5) is 0. The Morgan fingerprint density at radius 1 is 1.38 bits per heavy atom. The molecule has 2 nitrogen and oxygen atoms in total. The minimum atomic E-state index is 0.0111. The van der Waals surface area contributed by atoms with Crippen molar-refractivity contribution in [3.8, 4) is 12.3 Å². The fourth-order valence-corrected chi connectivity index (χ4v) is 1.87. The number of nitrogens with two attached hydrogens (primary N) is 1. The van der Waals surface area contributed by atoms with Crippen LogP contribution in [-0.2, 0) is 0 Å². The summed E-state index contributed by atoms with van der Waals surface area (Å²) in [5.41, 5.74) is 8.09. The molecular weight excluding hydrogens is 198 g/mol. The van der Waals surface area contributed by atoms with Gasteiger partial charge in [0.25, 0.3) is 0 Å². The number of furan rings is 1. The molecule has 2 N–H and O–H groups in total. The lowest BCUT2D eigenvalue weighted by Gasteiger charge is -2.08. The summed E-state index contributed by atoms with van der Waals surface area (Å²) in [5, 5.41) is 1.11. The molecule has 1 aromatic carbocycles. The normalized spacial score (nSPS) is 12.5. The van der Waals surface area contributed by atoms with Crippen molar-refractivity contribution in [3.05, 3.63) is 36.1 Å². The number of terminal acetylenes is 1. The third-order valence-electron chi connectivity index (χ3n) is 2.75. The summed E-state index contributed by atoms with van der Waals surface area (Å²) in [6.45, 7) is 0. The number of benzene rings is 1. The first-order chi connectivity index (χ1) is 7.83. The fourth-order valence-electron chi connectivity index (χ4n) is 1.87. The van der Waals surface area contributed by atoms with Crippen LogP contribution >= 0.6 is 0 Å². The lowest BCUT2D eigenvalue weighted by molar-refractivity contribution is 0.581. The number of rotatable bonds is 4. The third-order valence-corrected chi connectivity index (χ3v) is 2.75. The molecule has 1 aromatic heterocycles. The Balaban J connectivity index is 2.17. The Kier molecular flexibility index (Phi) is 3.28. The lowest BCUT2D eigenvalue weighted by atomic mass is 10.0. The van der Waals surface area contributed by atoms with Gasteiger partial charge in [0.2, 0.25) is 0 Å². The van der Waals surface area contributed by atoms with E-state index in [1.54, 1.807) is 6.26 Å². The van der Waals surface area contributed by atoms with E-state index in [2.05, 4.69) is 5.92 Å². The van der Waals surface area contributed by atoms with Crippen LogP contribution in [0, 0.1) is 12.3 Å². The van der Waals surface area contributed by atoms with Gasteiger partial charge in [-0.1, -0.05) is 18.2 Å². The summed E-state index contributed by atoms with van der Waals surface area (Å²) in [7, 11) is 0. The summed E-state index contributed by atoms with van der Waals surface area (Å²) in [6, 6.07) is 7.95. The molecule has 0 amide bonds.